The number of nitrogens with zero attached hydrogens (tertiary/aromatic N) is 4. The first kappa shape index (κ1) is 55.8. The molecule has 6 nitrogen and oxygen atoms in total. The lowest BCUT2D eigenvalue weighted by molar-refractivity contribution is 0.295. The molecule has 0 aliphatic rings. The van der Waals surface area contributed by atoms with Gasteiger partial charge >= 0.3 is 0 Å². The van der Waals surface area contributed by atoms with E-state index in [4.69, 9.17) is 9.47 Å². The Morgan fingerprint density at radius 2 is 0.632 bits per heavy atom. The summed E-state index contributed by atoms with van der Waals surface area (Å²) in [5.74, 6) is 29.2. The van der Waals surface area contributed by atoms with Crippen molar-refractivity contribution in [3.63, 3.8) is 0 Å². The van der Waals surface area contributed by atoms with Crippen LogP contribution in [-0.4, -0.2) is 33.1 Å². The number of benzene rings is 5. The van der Waals surface area contributed by atoms with Gasteiger partial charge in [-0.3, -0.25) is 0 Å². The van der Waals surface area contributed by atoms with Gasteiger partial charge in [-0.25, -0.2) is 19.9 Å². The number of aromatic nitrogens is 4. The normalized spacial score (nSPS) is 10.9. The molecule has 7 aromatic rings. The molecule has 7 rings (SSSR count). The standard InChI is InChI=1S/C70H74N4O2/c1-9-11-13-15-17-19-45-75-65-47-62(40-30-56-27-37-60(38-28-56)68-73-51-58(52-74-68)24-22-54-33-43-64(44-34-54)70(6,7)8)66(76-46-20-18-16-14-12-10-2)48-61(65)39-29-55-25-35-59(36-26-55)67-71-49-57(50-72-67)23-21-53-31-41-63(42-32-53)69(3,4)5/h25-28,31-38,41-44,47-52H,9-20,45-46H2,1-8H3. The Labute approximate surface area is 455 Å². The first-order valence-electron chi connectivity index (χ1n) is 27.4. The zero-order chi connectivity index (χ0) is 53.6. The van der Waals surface area contributed by atoms with Crippen molar-refractivity contribution in [1.82, 2.24) is 19.9 Å². The maximum Gasteiger partial charge on any atom is 0.159 e. The molecular formula is C70H74N4O2. The lowest BCUT2D eigenvalue weighted by atomic mass is 9.87. The Balaban J connectivity index is 1.09. The highest BCUT2D eigenvalue weighted by Gasteiger charge is 2.15. The van der Waals surface area contributed by atoms with Gasteiger partial charge in [0, 0.05) is 70.3 Å². The van der Waals surface area contributed by atoms with Crippen LogP contribution in [-0.2, 0) is 10.8 Å². The molecule has 2 aromatic heterocycles. The van der Waals surface area contributed by atoms with Crippen molar-refractivity contribution in [3.8, 4) is 81.6 Å². The molecule has 0 fully saturated rings. The molecular weight excluding hydrogens is 929 g/mol. The zero-order valence-corrected chi connectivity index (χ0v) is 46.2. The minimum absolute atomic E-state index is 0.101. The highest BCUT2D eigenvalue weighted by Crippen LogP contribution is 2.30. The Morgan fingerprint density at radius 1 is 0.342 bits per heavy atom. The summed E-state index contributed by atoms with van der Waals surface area (Å²) in [4.78, 5) is 18.6. The highest BCUT2D eigenvalue weighted by molar-refractivity contribution is 5.63. The molecule has 0 saturated carbocycles. The molecule has 0 radical (unpaired) electrons. The van der Waals surface area contributed by atoms with Gasteiger partial charge in [-0.05, 0) is 108 Å². The summed E-state index contributed by atoms with van der Waals surface area (Å²) in [6, 6.07) is 36.9. The fourth-order valence-electron chi connectivity index (χ4n) is 8.29. The van der Waals surface area contributed by atoms with Crippen molar-refractivity contribution in [1.29, 1.82) is 0 Å². The van der Waals surface area contributed by atoms with Crippen LogP contribution in [0.1, 0.15) is 188 Å². The van der Waals surface area contributed by atoms with E-state index in [2.05, 4.69) is 171 Å². The molecule has 0 atom stereocenters. The van der Waals surface area contributed by atoms with Crippen LogP contribution in [0.3, 0.4) is 0 Å². The Hall–Kier alpha value is -7.90. The van der Waals surface area contributed by atoms with Gasteiger partial charge in [-0.15, -0.1) is 0 Å². The smallest absolute Gasteiger partial charge is 0.159 e. The lowest BCUT2D eigenvalue weighted by Crippen LogP contribution is -2.10. The van der Waals surface area contributed by atoms with Gasteiger partial charge in [0.1, 0.15) is 11.5 Å². The Bertz CT molecular complexity index is 2980. The van der Waals surface area contributed by atoms with Gasteiger partial charge < -0.3 is 9.47 Å². The molecule has 2 heterocycles. The quantitative estimate of drug-likeness (QED) is 0.0630. The summed E-state index contributed by atoms with van der Waals surface area (Å²) in [5.41, 5.74) is 11.3. The predicted molar refractivity (Wildman–Crippen MR) is 313 cm³/mol. The van der Waals surface area contributed by atoms with E-state index in [9.17, 15) is 0 Å². The molecule has 0 amide bonds. The second-order valence-corrected chi connectivity index (χ2v) is 21.5. The molecule has 0 aliphatic carbocycles. The van der Waals surface area contributed by atoms with Gasteiger partial charge in [-0.2, -0.15) is 0 Å². The summed E-state index contributed by atoms with van der Waals surface area (Å²) in [6.07, 6.45) is 21.2. The average molecular weight is 1000 g/mol. The zero-order valence-electron chi connectivity index (χ0n) is 46.2. The van der Waals surface area contributed by atoms with Crippen molar-refractivity contribution in [2.45, 2.75) is 143 Å². The largest absolute Gasteiger partial charge is 0.492 e. The van der Waals surface area contributed by atoms with Gasteiger partial charge in [0.2, 0.25) is 0 Å². The molecule has 0 bridgehead atoms. The van der Waals surface area contributed by atoms with Crippen LogP contribution in [0.2, 0.25) is 0 Å². The second-order valence-electron chi connectivity index (χ2n) is 21.5. The molecule has 5 aromatic carbocycles. The van der Waals surface area contributed by atoms with Crippen molar-refractivity contribution < 1.29 is 9.47 Å². The summed E-state index contributed by atoms with van der Waals surface area (Å²) in [7, 11) is 0. The Kier molecular flexibility index (Phi) is 20.7. The lowest BCUT2D eigenvalue weighted by Gasteiger charge is -2.18. The summed E-state index contributed by atoms with van der Waals surface area (Å²) < 4.78 is 13.1. The van der Waals surface area contributed by atoms with E-state index in [1.807, 2.05) is 60.7 Å². The van der Waals surface area contributed by atoms with E-state index >= 15 is 0 Å². The van der Waals surface area contributed by atoms with Crippen molar-refractivity contribution in [2.24, 2.45) is 0 Å². The molecule has 386 valence electrons. The molecule has 0 spiro atoms. The first-order valence-corrected chi connectivity index (χ1v) is 27.4. The molecule has 0 N–H and O–H groups in total. The molecule has 0 unspecified atom stereocenters. The van der Waals surface area contributed by atoms with E-state index in [0.29, 0.717) is 36.4 Å². The fraction of sp³-hybridized carbons (Fsp3) is 0.343. The first-order chi connectivity index (χ1) is 36.8. The molecule has 76 heavy (non-hydrogen) atoms. The third kappa shape index (κ3) is 17.6. The van der Waals surface area contributed by atoms with Crippen LogP contribution in [0.5, 0.6) is 11.5 Å². The van der Waals surface area contributed by atoms with E-state index in [1.54, 1.807) is 24.8 Å². The van der Waals surface area contributed by atoms with Crippen LogP contribution >= 0.6 is 0 Å². The minimum Gasteiger partial charge on any atom is -0.492 e. The summed E-state index contributed by atoms with van der Waals surface area (Å²) in [6.45, 7) is 18.9. The van der Waals surface area contributed by atoms with Crippen molar-refractivity contribution in [2.75, 3.05) is 13.2 Å². The maximum absolute atomic E-state index is 6.56. The van der Waals surface area contributed by atoms with Gasteiger partial charge in [0.25, 0.3) is 0 Å². The van der Waals surface area contributed by atoms with Gasteiger partial charge in [0.05, 0.1) is 35.5 Å². The van der Waals surface area contributed by atoms with E-state index < -0.39 is 0 Å². The number of hydrogen-bond acceptors (Lipinski definition) is 6. The van der Waals surface area contributed by atoms with E-state index in [-0.39, 0.29) is 10.8 Å². The number of unbranched alkanes of at least 4 members (excludes halogenated alkanes) is 10. The van der Waals surface area contributed by atoms with Crippen LogP contribution < -0.4 is 9.47 Å². The third-order valence-corrected chi connectivity index (χ3v) is 13.1. The third-order valence-electron chi connectivity index (χ3n) is 13.1. The second kappa shape index (κ2) is 28.1. The molecule has 0 aliphatic heterocycles. The van der Waals surface area contributed by atoms with Crippen molar-refractivity contribution in [3.05, 3.63) is 190 Å². The number of rotatable bonds is 18. The summed E-state index contributed by atoms with van der Waals surface area (Å²) >= 11 is 0. The number of ether oxygens (including phenoxy) is 2. The van der Waals surface area contributed by atoms with Gasteiger partial charge in [-0.1, -0.05) is 191 Å². The topological polar surface area (TPSA) is 70.0 Å². The Morgan fingerprint density at radius 3 is 0.961 bits per heavy atom. The van der Waals surface area contributed by atoms with Crippen LogP contribution in [0.4, 0.5) is 0 Å². The molecule has 6 heteroatoms. The maximum atomic E-state index is 6.56. The van der Waals surface area contributed by atoms with Crippen molar-refractivity contribution >= 4 is 0 Å². The van der Waals surface area contributed by atoms with Gasteiger partial charge in [0.15, 0.2) is 11.6 Å². The van der Waals surface area contributed by atoms with Crippen LogP contribution in [0.25, 0.3) is 22.8 Å². The predicted octanol–water partition coefficient (Wildman–Crippen LogP) is 16.3. The minimum atomic E-state index is 0.101. The monoisotopic (exact) mass is 1000 g/mol. The fourth-order valence-corrected chi connectivity index (χ4v) is 8.29. The SMILES string of the molecule is CCCCCCCCOc1cc(C#Cc2ccc(-c3ncc(C#Cc4ccc(C(C)(C)C)cc4)cn3)cc2)c(OCCCCCCCC)cc1C#Cc1ccc(-c2ncc(C#Cc3ccc(C(C)(C)C)cc3)cn2)cc1. The highest BCUT2D eigenvalue weighted by atomic mass is 16.5. The summed E-state index contributed by atoms with van der Waals surface area (Å²) in [5, 5.41) is 0. The van der Waals surface area contributed by atoms with E-state index in [0.717, 1.165) is 81.3 Å². The van der Waals surface area contributed by atoms with Crippen LogP contribution in [0, 0.1) is 47.4 Å². The van der Waals surface area contributed by atoms with E-state index in [1.165, 1.54) is 62.5 Å². The molecule has 0 saturated heterocycles. The average Bonchev–Trinajstić information content (AvgIpc) is 3.43. The van der Waals surface area contributed by atoms with Crippen LogP contribution in [0.15, 0.2) is 134 Å². The number of hydrogen-bond donors (Lipinski definition) is 0.